The predicted molar refractivity (Wildman–Crippen MR) is 133 cm³/mol. The summed E-state index contributed by atoms with van der Waals surface area (Å²) in [6, 6.07) is 11.6. The fraction of sp³-hybridized carbons (Fsp3) is 0.429. The lowest BCUT2D eigenvalue weighted by molar-refractivity contribution is -0.895. The van der Waals surface area contributed by atoms with E-state index in [0.717, 1.165) is 18.7 Å². The van der Waals surface area contributed by atoms with Gasteiger partial charge in [-0.15, -0.1) is 0 Å². The Morgan fingerprint density at radius 3 is 2.17 bits per heavy atom. The maximum atomic E-state index is 13.6. The molecule has 1 saturated heterocycles. The SMILES string of the molecule is CCOc1ccc(C2/C(=C(\[O-])c3ccc(C)cc3)C(=O)C(=O)N2CC[NH+](CC)CC)cc1OCC. The Morgan fingerprint density at radius 2 is 1.57 bits per heavy atom. The van der Waals surface area contributed by atoms with Crippen molar-refractivity contribution in [2.75, 3.05) is 39.4 Å². The van der Waals surface area contributed by atoms with Gasteiger partial charge >= 0.3 is 0 Å². The van der Waals surface area contributed by atoms with Gasteiger partial charge in [0.05, 0.1) is 45.4 Å². The van der Waals surface area contributed by atoms with Crippen LogP contribution in [0.5, 0.6) is 11.5 Å². The van der Waals surface area contributed by atoms with Gasteiger partial charge in [-0.05, 0) is 57.9 Å². The van der Waals surface area contributed by atoms with Crippen LogP contribution in [0.3, 0.4) is 0 Å². The number of amides is 1. The van der Waals surface area contributed by atoms with Crippen LogP contribution < -0.4 is 19.5 Å². The van der Waals surface area contributed by atoms with E-state index >= 15 is 0 Å². The van der Waals surface area contributed by atoms with E-state index in [1.807, 2.05) is 39.0 Å². The second-order valence-corrected chi connectivity index (χ2v) is 8.62. The average molecular weight is 481 g/mol. The van der Waals surface area contributed by atoms with Crippen molar-refractivity contribution in [1.82, 2.24) is 4.90 Å². The lowest BCUT2D eigenvalue weighted by Crippen LogP contribution is -3.12. The van der Waals surface area contributed by atoms with Crippen molar-refractivity contribution >= 4 is 17.4 Å². The van der Waals surface area contributed by atoms with Gasteiger partial charge in [-0.3, -0.25) is 9.59 Å². The van der Waals surface area contributed by atoms with E-state index in [1.54, 1.807) is 29.2 Å². The third-order valence-corrected chi connectivity index (χ3v) is 6.43. The highest BCUT2D eigenvalue weighted by Gasteiger charge is 2.44. The molecule has 35 heavy (non-hydrogen) atoms. The molecule has 1 unspecified atom stereocenters. The number of likely N-dealkylation sites (N-methyl/N-ethyl adjacent to an activating group) is 1. The summed E-state index contributed by atoms with van der Waals surface area (Å²) in [5.74, 6) is -0.682. The molecule has 2 aromatic rings. The quantitative estimate of drug-likeness (QED) is 0.302. The second-order valence-electron chi connectivity index (χ2n) is 8.62. The Kier molecular flexibility index (Phi) is 8.93. The number of carbonyl (C=O) groups excluding carboxylic acids is 2. The maximum absolute atomic E-state index is 13.6. The largest absolute Gasteiger partial charge is 0.872 e. The minimum Gasteiger partial charge on any atom is -0.872 e. The lowest BCUT2D eigenvalue weighted by atomic mass is 9.94. The lowest BCUT2D eigenvalue weighted by Gasteiger charge is -2.29. The second kappa shape index (κ2) is 11.9. The molecule has 1 amide bonds. The van der Waals surface area contributed by atoms with Crippen molar-refractivity contribution in [3.05, 3.63) is 64.7 Å². The average Bonchev–Trinajstić information content (AvgIpc) is 3.11. The molecule has 3 rings (SSSR count). The summed E-state index contributed by atoms with van der Waals surface area (Å²) in [6.07, 6.45) is 0. The number of hydrogen-bond acceptors (Lipinski definition) is 5. The standard InChI is InChI=1S/C28H36N2O5/c1-6-29(7-2)16-17-30-25(21-14-15-22(34-8-3)23(18-21)35-9-4)24(27(32)28(30)33)26(31)20-12-10-19(5)11-13-20/h10-15,18,25,31H,6-9,16-17H2,1-5H3/b26-24+. The van der Waals surface area contributed by atoms with Crippen LogP contribution in [-0.4, -0.2) is 56.0 Å². The fourth-order valence-electron chi connectivity index (χ4n) is 4.43. The zero-order valence-electron chi connectivity index (χ0n) is 21.3. The molecule has 188 valence electrons. The summed E-state index contributed by atoms with van der Waals surface area (Å²) >= 11 is 0. The molecular formula is C28H36N2O5. The number of nitrogens with one attached hydrogen (secondary N) is 1. The van der Waals surface area contributed by atoms with Gasteiger partial charge in [-0.25, -0.2) is 0 Å². The van der Waals surface area contributed by atoms with Crippen molar-refractivity contribution in [3.8, 4) is 11.5 Å². The number of carbonyl (C=O) groups is 2. The van der Waals surface area contributed by atoms with Crippen LogP contribution >= 0.6 is 0 Å². The van der Waals surface area contributed by atoms with Gasteiger partial charge in [0.2, 0.25) is 5.78 Å². The molecule has 1 heterocycles. The number of rotatable bonds is 11. The number of nitrogens with zero attached hydrogens (tertiary/aromatic N) is 1. The van der Waals surface area contributed by atoms with Gasteiger partial charge in [0.15, 0.2) is 11.5 Å². The highest BCUT2D eigenvalue weighted by atomic mass is 16.5. The Morgan fingerprint density at radius 1 is 0.943 bits per heavy atom. The van der Waals surface area contributed by atoms with Gasteiger partial charge in [0.25, 0.3) is 5.91 Å². The van der Waals surface area contributed by atoms with Crippen LogP contribution in [0.4, 0.5) is 0 Å². The van der Waals surface area contributed by atoms with E-state index < -0.39 is 23.5 Å². The molecule has 0 radical (unpaired) electrons. The fourth-order valence-corrected chi connectivity index (χ4v) is 4.43. The van der Waals surface area contributed by atoms with Crippen LogP contribution in [-0.2, 0) is 9.59 Å². The first-order valence-electron chi connectivity index (χ1n) is 12.4. The third-order valence-electron chi connectivity index (χ3n) is 6.43. The van der Waals surface area contributed by atoms with Crippen molar-refractivity contribution in [3.63, 3.8) is 0 Å². The topological polar surface area (TPSA) is 83.3 Å². The molecule has 1 aliphatic heterocycles. The van der Waals surface area contributed by atoms with E-state index in [1.165, 1.54) is 4.90 Å². The molecule has 2 aromatic carbocycles. The highest BCUT2D eigenvalue weighted by Crippen LogP contribution is 2.41. The molecule has 0 spiro atoms. The summed E-state index contributed by atoms with van der Waals surface area (Å²) in [5.41, 5.74) is 2.04. The number of aryl methyl sites for hydroxylation is 1. The predicted octanol–water partition coefficient (Wildman–Crippen LogP) is 1.94. The Hall–Kier alpha value is -3.32. The molecule has 1 aliphatic rings. The number of ketones is 1. The molecule has 1 atom stereocenters. The Balaban J connectivity index is 2.14. The van der Waals surface area contributed by atoms with E-state index in [0.29, 0.717) is 48.9 Å². The van der Waals surface area contributed by atoms with Gasteiger partial charge in [-0.2, -0.15) is 0 Å². The zero-order chi connectivity index (χ0) is 25.5. The van der Waals surface area contributed by atoms with E-state index in [4.69, 9.17) is 9.47 Å². The highest BCUT2D eigenvalue weighted by molar-refractivity contribution is 6.46. The Labute approximate surface area is 207 Å². The van der Waals surface area contributed by atoms with Crippen molar-refractivity contribution in [2.24, 2.45) is 0 Å². The van der Waals surface area contributed by atoms with E-state index in [2.05, 4.69) is 13.8 Å². The summed E-state index contributed by atoms with van der Waals surface area (Å²) in [4.78, 5) is 29.3. The van der Waals surface area contributed by atoms with Crippen LogP contribution in [0.2, 0.25) is 0 Å². The minimum atomic E-state index is -0.784. The summed E-state index contributed by atoms with van der Waals surface area (Å²) in [7, 11) is 0. The minimum absolute atomic E-state index is 0.0139. The van der Waals surface area contributed by atoms with Crippen LogP contribution in [0.25, 0.3) is 5.76 Å². The molecule has 0 saturated carbocycles. The van der Waals surface area contributed by atoms with Gasteiger partial charge < -0.3 is 24.4 Å². The zero-order valence-corrected chi connectivity index (χ0v) is 21.3. The molecule has 0 aromatic heterocycles. The first kappa shape index (κ1) is 26.3. The molecule has 1 N–H and O–H groups in total. The molecular weight excluding hydrogens is 444 g/mol. The first-order chi connectivity index (χ1) is 16.9. The first-order valence-corrected chi connectivity index (χ1v) is 12.4. The number of benzene rings is 2. The van der Waals surface area contributed by atoms with E-state index in [-0.39, 0.29) is 5.57 Å². The number of quaternary nitrogens is 1. The smallest absolute Gasteiger partial charge is 0.295 e. The number of likely N-dealkylation sites (tertiary alicyclic amines) is 1. The van der Waals surface area contributed by atoms with Crippen molar-refractivity contribution in [2.45, 2.75) is 40.7 Å². The van der Waals surface area contributed by atoms with Gasteiger partial charge in [0, 0.05) is 5.57 Å². The molecule has 1 fully saturated rings. The van der Waals surface area contributed by atoms with Crippen LogP contribution in [0.1, 0.15) is 50.4 Å². The number of ether oxygens (including phenoxy) is 2. The van der Waals surface area contributed by atoms with Crippen molar-refractivity contribution in [1.29, 1.82) is 0 Å². The van der Waals surface area contributed by atoms with E-state index in [9.17, 15) is 14.7 Å². The summed E-state index contributed by atoms with van der Waals surface area (Å²) in [5, 5.41) is 13.6. The summed E-state index contributed by atoms with van der Waals surface area (Å²) in [6.45, 7) is 13.7. The molecule has 7 nitrogen and oxygen atoms in total. The monoisotopic (exact) mass is 480 g/mol. The Bertz CT molecular complexity index is 1070. The number of Topliss-reactive ketones (excluding diaryl/α,β-unsaturated/α-hetero) is 1. The van der Waals surface area contributed by atoms with Gasteiger partial charge in [0.1, 0.15) is 0 Å². The van der Waals surface area contributed by atoms with Crippen LogP contribution in [0, 0.1) is 6.92 Å². The van der Waals surface area contributed by atoms with Crippen molar-refractivity contribution < 1.29 is 29.1 Å². The molecule has 0 bridgehead atoms. The van der Waals surface area contributed by atoms with Gasteiger partial charge in [-0.1, -0.05) is 41.7 Å². The summed E-state index contributed by atoms with van der Waals surface area (Å²) < 4.78 is 11.5. The third kappa shape index (κ3) is 5.68. The van der Waals surface area contributed by atoms with Crippen LogP contribution in [0.15, 0.2) is 48.0 Å². The molecule has 0 aliphatic carbocycles. The number of hydrogen-bond donors (Lipinski definition) is 1. The normalized spacial score (nSPS) is 17.3. The maximum Gasteiger partial charge on any atom is 0.295 e. The molecule has 7 heteroatoms.